The van der Waals surface area contributed by atoms with Crippen molar-refractivity contribution in [2.24, 2.45) is 0 Å². The largest absolute Gasteiger partial charge is 0.338 e. The first-order valence-corrected chi connectivity index (χ1v) is 9.28. The van der Waals surface area contributed by atoms with Gasteiger partial charge in [0.25, 0.3) is 0 Å². The number of aromatic nitrogens is 2. The average molecular weight is 388 g/mol. The van der Waals surface area contributed by atoms with Crippen LogP contribution in [0.15, 0.2) is 21.6 Å². The lowest BCUT2D eigenvalue weighted by Crippen LogP contribution is -2.16. The molecule has 0 amide bonds. The van der Waals surface area contributed by atoms with Crippen LogP contribution in [0.2, 0.25) is 5.02 Å². The Kier molecular flexibility index (Phi) is 6.59. The third-order valence-corrected chi connectivity index (χ3v) is 5.48. The van der Waals surface area contributed by atoms with Gasteiger partial charge in [0.1, 0.15) is 0 Å². The second kappa shape index (κ2) is 8.09. The highest BCUT2D eigenvalue weighted by atomic mass is 35.5. The van der Waals surface area contributed by atoms with Crippen LogP contribution in [0.4, 0.5) is 0 Å². The SMILES string of the molecule is CC(C)(C)c1noc(CSc2c(Cl)ccc3c2CCNCC3)n1.Cl. The monoisotopic (exact) mass is 387 g/mol. The number of fused-ring (bicyclic) bond motifs is 1. The Bertz CT molecular complexity index is 698. The molecule has 1 aromatic heterocycles. The highest BCUT2D eigenvalue weighted by molar-refractivity contribution is 7.98. The molecule has 0 spiro atoms. The molecule has 2 heterocycles. The molecule has 1 aliphatic rings. The highest BCUT2D eigenvalue weighted by Crippen LogP contribution is 2.36. The molecule has 1 aromatic carbocycles. The van der Waals surface area contributed by atoms with Crippen LogP contribution >= 0.6 is 35.8 Å². The van der Waals surface area contributed by atoms with Crippen LogP contribution < -0.4 is 5.32 Å². The van der Waals surface area contributed by atoms with Gasteiger partial charge in [0.05, 0.1) is 10.8 Å². The van der Waals surface area contributed by atoms with Crippen molar-refractivity contribution in [2.45, 2.75) is 49.7 Å². The zero-order chi connectivity index (χ0) is 16.4. The average Bonchev–Trinajstić information content (AvgIpc) is 2.85. The standard InChI is InChI=1S/C17H22ClN3OS.ClH/c1-17(2,3)16-20-14(22-21-16)10-23-15-12-7-9-19-8-6-11(12)4-5-13(15)18;/h4-5,19H,6-10H2,1-3H3;1H. The Labute approximate surface area is 158 Å². The van der Waals surface area contributed by atoms with E-state index in [1.165, 1.54) is 11.1 Å². The zero-order valence-electron chi connectivity index (χ0n) is 14.2. The van der Waals surface area contributed by atoms with E-state index < -0.39 is 0 Å². The summed E-state index contributed by atoms with van der Waals surface area (Å²) in [5, 5.41) is 8.33. The summed E-state index contributed by atoms with van der Waals surface area (Å²) < 4.78 is 5.38. The lowest BCUT2D eigenvalue weighted by Gasteiger charge is -2.13. The normalized spacial score (nSPS) is 14.7. The number of hydrogen-bond acceptors (Lipinski definition) is 5. The quantitative estimate of drug-likeness (QED) is 0.789. The molecule has 2 aromatic rings. The van der Waals surface area contributed by atoms with Gasteiger partial charge in [0.2, 0.25) is 5.89 Å². The summed E-state index contributed by atoms with van der Waals surface area (Å²) in [6.07, 6.45) is 2.06. The minimum Gasteiger partial charge on any atom is -0.338 e. The zero-order valence-corrected chi connectivity index (χ0v) is 16.6. The molecule has 132 valence electrons. The van der Waals surface area contributed by atoms with E-state index in [-0.39, 0.29) is 17.8 Å². The summed E-state index contributed by atoms with van der Waals surface area (Å²) in [6.45, 7) is 8.26. The molecule has 24 heavy (non-hydrogen) atoms. The lowest BCUT2D eigenvalue weighted by molar-refractivity contribution is 0.373. The fraction of sp³-hybridized carbons (Fsp3) is 0.529. The van der Waals surface area contributed by atoms with Crippen LogP contribution in [-0.4, -0.2) is 23.2 Å². The van der Waals surface area contributed by atoms with Crippen LogP contribution in [0.5, 0.6) is 0 Å². The molecule has 1 N–H and O–H groups in total. The first kappa shape index (κ1) is 19.6. The molecule has 0 fully saturated rings. The highest BCUT2D eigenvalue weighted by Gasteiger charge is 2.21. The summed E-state index contributed by atoms with van der Waals surface area (Å²) in [5.41, 5.74) is 2.66. The summed E-state index contributed by atoms with van der Waals surface area (Å²) in [6, 6.07) is 4.15. The maximum absolute atomic E-state index is 6.45. The number of hydrogen-bond donors (Lipinski definition) is 1. The van der Waals surface area contributed by atoms with Gasteiger partial charge in [-0.25, -0.2) is 0 Å². The van der Waals surface area contributed by atoms with Crippen LogP contribution in [0.1, 0.15) is 43.6 Å². The van der Waals surface area contributed by atoms with E-state index in [1.54, 1.807) is 11.8 Å². The van der Waals surface area contributed by atoms with E-state index in [0.717, 1.165) is 41.7 Å². The maximum atomic E-state index is 6.45. The van der Waals surface area contributed by atoms with E-state index in [0.29, 0.717) is 11.6 Å². The molecule has 0 atom stereocenters. The molecule has 7 heteroatoms. The second-order valence-corrected chi connectivity index (χ2v) is 8.21. The van der Waals surface area contributed by atoms with Gasteiger partial charge in [0, 0.05) is 10.3 Å². The molecule has 4 nitrogen and oxygen atoms in total. The molecule has 1 aliphatic heterocycles. The number of nitrogens with zero attached hydrogens (tertiary/aromatic N) is 2. The van der Waals surface area contributed by atoms with Gasteiger partial charge in [-0.3, -0.25) is 0 Å². The molecule has 0 saturated heterocycles. The molecular formula is C17H23Cl2N3OS. The van der Waals surface area contributed by atoms with E-state index in [9.17, 15) is 0 Å². The Morgan fingerprint density at radius 1 is 1.25 bits per heavy atom. The van der Waals surface area contributed by atoms with Gasteiger partial charge in [0.15, 0.2) is 5.82 Å². The Balaban J connectivity index is 0.00000208. The predicted octanol–water partition coefficient (Wildman–Crippen LogP) is 4.42. The number of thioether (sulfide) groups is 1. The van der Waals surface area contributed by atoms with Gasteiger partial charge in [-0.1, -0.05) is 43.6 Å². The summed E-state index contributed by atoms with van der Waals surface area (Å²) in [7, 11) is 0. The van der Waals surface area contributed by atoms with E-state index in [4.69, 9.17) is 16.1 Å². The molecule has 0 radical (unpaired) electrons. The summed E-state index contributed by atoms with van der Waals surface area (Å²) >= 11 is 8.14. The lowest BCUT2D eigenvalue weighted by atomic mass is 9.96. The Hall–Kier alpha value is -0.750. The number of nitrogens with one attached hydrogen (secondary N) is 1. The molecule has 0 saturated carbocycles. The first-order valence-electron chi connectivity index (χ1n) is 7.92. The van der Waals surface area contributed by atoms with Gasteiger partial charge in [-0.2, -0.15) is 4.98 Å². The van der Waals surface area contributed by atoms with E-state index >= 15 is 0 Å². The fourth-order valence-corrected chi connectivity index (χ4v) is 3.96. The van der Waals surface area contributed by atoms with Crippen molar-refractivity contribution in [3.8, 4) is 0 Å². The minimum absolute atomic E-state index is 0. The number of halogens is 2. The Morgan fingerprint density at radius 3 is 2.71 bits per heavy atom. The predicted molar refractivity (Wildman–Crippen MR) is 102 cm³/mol. The van der Waals surface area contributed by atoms with E-state index in [2.05, 4.69) is 42.3 Å². The van der Waals surface area contributed by atoms with Crippen molar-refractivity contribution in [1.82, 2.24) is 15.5 Å². The molecule has 0 bridgehead atoms. The van der Waals surface area contributed by atoms with Crippen LogP contribution in [0.25, 0.3) is 0 Å². The minimum atomic E-state index is -0.0977. The topological polar surface area (TPSA) is 51.0 Å². The van der Waals surface area contributed by atoms with Crippen molar-refractivity contribution in [3.63, 3.8) is 0 Å². The van der Waals surface area contributed by atoms with Gasteiger partial charge < -0.3 is 9.84 Å². The maximum Gasteiger partial charge on any atom is 0.237 e. The van der Waals surface area contributed by atoms with Crippen LogP contribution in [0.3, 0.4) is 0 Å². The van der Waals surface area contributed by atoms with Crippen molar-refractivity contribution in [3.05, 3.63) is 40.0 Å². The van der Waals surface area contributed by atoms with Crippen LogP contribution in [0, 0.1) is 0 Å². The van der Waals surface area contributed by atoms with Crippen molar-refractivity contribution in [2.75, 3.05) is 13.1 Å². The third kappa shape index (κ3) is 4.45. The summed E-state index contributed by atoms with van der Waals surface area (Å²) in [5.74, 6) is 2.04. The number of rotatable bonds is 3. The molecule has 0 aliphatic carbocycles. The second-order valence-electron chi connectivity index (χ2n) is 6.81. The molecular weight excluding hydrogens is 365 g/mol. The molecule has 0 unspecified atom stereocenters. The van der Waals surface area contributed by atoms with Crippen molar-refractivity contribution < 1.29 is 4.52 Å². The summed E-state index contributed by atoms with van der Waals surface area (Å²) in [4.78, 5) is 5.66. The van der Waals surface area contributed by atoms with Gasteiger partial charge in [-0.05, 0) is 43.1 Å². The smallest absolute Gasteiger partial charge is 0.237 e. The number of benzene rings is 1. The Morgan fingerprint density at radius 2 is 2.00 bits per heavy atom. The molecule has 3 rings (SSSR count). The van der Waals surface area contributed by atoms with Crippen molar-refractivity contribution >= 4 is 35.8 Å². The first-order chi connectivity index (χ1) is 10.9. The van der Waals surface area contributed by atoms with Gasteiger partial charge >= 0.3 is 0 Å². The van der Waals surface area contributed by atoms with Crippen LogP contribution in [-0.2, 0) is 24.0 Å². The fourth-order valence-electron chi connectivity index (χ4n) is 2.62. The van der Waals surface area contributed by atoms with Gasteiger partial charge in [-0.15, -0.1) is 24.2 Å². The van der Waals surface area contributed by atoms with E-state index in [1.807, 2.05) is 6.07 Å². The van der Waals surface area contributed by atoms with Crippen molar-refractivity contribution in [1.29, 1.82) is 0 Å². The third-order valence-electron chi connectivity index (χ3n) is 3.91.